The lowest BCUT2D eigenvalue weighted by atomic mass is 9.75. The van der Waals surface area contributed by atoms with Gasteiger partial charge in [0, 0.05) is 0 Å². The Labute approximate surface area is 93.6 Å². The van der Waals surface area contributed by atoms with Crippen LogP contribution in [-0.2, 0) is 0 Å². The largest absolute Gasteiger partial charge is 0.389 e. The van der Waals surface area contributed by atoms with Crippen LogP contribution in [0.2, 0.25) is 0 Å². The van der Waals surface area contributed by atoms with Crippen molar-refractivity contribution in [2.24, 2.45) is 10.8 Å². The first-order valence-corrected chi connectivity index (χ1v) is 6.33. The summed E-state index contributed by atoms with van der Waals surface area (Å²) in [4.78, 5) is 0. The lowest BCUT2D eigenvalue weighted by molar-refractivity contribution is 0.158. The Balaban J connectivity index is 2.48. The topological polar surface area (TPSA) is 20.2 Å². The molecule has 86 valence electrons. The van der Waals surface area contributed by atoms with E-state index >= 15 is 0 Å². The van der Waals surface area contributed by atoms with Crippen molar-refractivity contribution in [2.75, 3.05) is 0 Å². The minimum atomic E-state index is -0.152. The molecule has 1 N–H and O–H groups in total. The molecule has 0 aromatic rings. The van der Waals surface area contributed by atoms with E-state index in [9.17, 15) is 5.11 Å². The Morgan fingerprint density at radius 3 is 2.60 bits per heavy atom. The van der Waals surface area contributed by atoms with Gasteiger partial charge in [-0.05, 0) is 48.5 Å². The van der Waals surface area contributed by atoms with E-state index in [-0.39, 0.29) is 11.5 Å². The molecule has 0 fully saturated rings. The molecule has 2 unspecified atom stereocenters. The van der Waals surface area contributed by atoms with Gasteiger partial charge in [0.2, 0.25) is 0 Å². The molecule has 0 saturated carbocycles. The first-order valence-electron chi connectivity index (χ1n) is 6.33. The summed E-state index contributed by atoms with van der Waals surface area (Å²) in [5.74, 6) is 0. The molecule has 2 rings (SSSR count). The first kappa shape index (κ1) is 11.2. The molecule has 0 aliphatic heterocycles. The Hall–Kier alpha value is -0.300. The van der Waals surface area contributed by atoms with Crippen LogP contribution in [0.5, 0.6) is 0 Å². The summed E-state index contributed by atoms with van der Waals surface area (Å²) in [5, 5.41) is 10.2. The summed E-state index contributed by atoms with van der Waals surface area (Å²) < 4.78 is 0. The van der Waals surface area contributed by atoms with Gasteiger partial charge in [-0.3, -0.25) is 0 Å². The number of rotatable bonds is 1. The maximum Gasteiger partial charge on any atom is 0.0758 e. The van der Waals surface area contributed by atoms with Crippen molar-refractivity contribution in [3.63, 3.8) is 0 Å². The number of aliphatic hydroxyl groups is 1. The third kappa shape index (κ3) is 1.56. The van der Waals surface area contributed by atoms with E-state index in [0.29, 0.717) is 5.41 Å². The Bertz CT molecular complexity index is 300. The van der Waals surface area contributed by atoms with Crippen LogP contribution in [0.1, 0.15) is 59.8 Å². The van der Waals surface area contributed by atoms with Gasteiger partial charge in [0.25, 0.3) is 0 Å². The van der Waals surface area contributed by atoms with Crippen LogP contribution in [0, 0.1) is 10.8 Å². The molecular formula is C14H24O. The van der Waals surface area contributed by atoms with Gasteiger partial charge in [-0.25, -0.2) is 0 Å². The molecule has 1 heteroatoms. The van der Waals surface area contributed by atoms with Gasteiger partial charge in [-0.15, -0.1) is 0 Å². The first-order chi connectivity index (χ1) is 6.91. The SMILES string of the molecule is CCC1(C)CC(C)(C)C2=C1C(O)CCC2. The van der Waals surface area contributed by atoms with E-state index in [1.165, 1.54) is 24.8 Å². The van der Waals surface area contributed by atoms with Crippen molar-refractivity contribution < 1.29 is 5.11 Å². The highest BCUT2D eigenvalue weighted by Gasteiger charge is 2.48. The van der Waals surface area contributed by atoms with Gasteiger partial charge in [0.15, 0.2) is 0 Å². The summed E-state index contributed by atoms with van der Waals surface area (Å²) in [6.07, 6.45) is 5.59. The molecule has 0 radical (unpaired) electrons. The quantitative estimate of drug-likeness (QED) is 0.652. The summed E-state index contributed by atoms with van der Waals surface area (Å²) in [5.41, 5.74) is 3.56. The fraction of sp³-hybridized carbons (Fsp3) is 0.857. The minimum absolute atomic E-state index is 0.152. The maximum absolute atomic E-state index is 10.2. The molecule has 2 aliphatic rings. The average molecular weight is 208 g/mol. The third-order valence-electron chi connectivity index (χ3n) is 4.64. The lowest BCUT2D eigenvalue weighted by Gasteiger charge is -2.32. The van der Waals surface area contributed by atoms with E-state index in [1.807, 2.05) is 0 Å². The zero-order chi connectivity index (χ0) is 11.3. The van der Waals surface area contributed by atoms with Crippen LogP contribution < -0.4 is 0 Å². The van der Waals surface area contributed by atoms with Crippen molar-refractivity contribution in [1.82, 2.24) is 0 Å². The molecule has 0 spiro atoms. The molecule has 2 atom stereocenters. The second-order valence-electron chi connectivity index (χ2n) is 6.28. The van der Waals surface area contributed by atoms with Crippen molar-refractivity contribution >= 4 is 0 Å². The van der Waals surface area contributed by atoms with Gasteiger partial charge in [-0.2, -0.15) is 0 Å². The van der Waals surface area contributed by atoms with Crippen molar-refractivity contribution in [3.05, 3.63) is 11.1 Å². The fourth-order valence-corrected chi connectivity index (χ4v) is 3.91. The predicted molar refractivity (Wildman–Crippen MR) is 63.7 cm³/mol. The van der Waals surface area contributed by atoms with Crippen LogP contribution in [-0.4, -0.2) is 11.2 Å². The number of hydrogen-bond acceptors (Lipinski definition) is 1. The standard InChI is InChI=1S/C14H24O/c1-5-14(4)9-13(2,3)10-7-6-8-11(15)12(10)14/h11,15H,5-9H2,1-4H3. The van der Waals surface area contributed by atoms with Gasteiger partial charge >= 0.3 is 0 Å². The van der Waals surface area contributed by atoms with Crippen molar-refractivity contribution in [1.29, 1.82) is 0 Å². The third-order valence-corrected chi connectivity index (χ3v) is 4.64. The van der Waals surface area contributed by atoms with E-state index < -0.39 is 0 Å². The summed E-state index contributed by atoms with van der Waals surface area (Å²) in [7, 11) is 0. The zero-order valence-electron chi connectivity index (χ0n) is 10.6. The van der Waals surface area contributed by atoms with E-state index in [4.69, 9.17) is 0 Å². The van der Waals surface area contributed by atoms with E-state index in [2.05, 4.69) is 27.7 Å². The molecule has 0 amide bonds. The van der Waals surface area contributed by atoms with E-state index in [1.54, 1.807) is 5.57 Å². The normalized spacial score (nSPS) is 39.4. The van der Waals surface area contributed by atoms with Gasteiger partial charge in [0.1, 0.15) is 0 Å². The molecule has 0 bridgehead atoms. The average Bonchev–Trinajstić information content (AvgIpc) is 2.36. The highest BCUT2D eigenvalue weighted by atomic mass is 16.3. The summed E-state index contributed by atoms with van der Waals surface area (Å²) in [6, 6.07) is 0. The van der Waals surface area contributed by atoms with Crippen LogP contribution in [0.3, 0.4) is 0 Å². The van der Waals surface area contributed by atoms with Gasteiger partial charge < -0.3 is 5.11 Å². The summed E-state index contributed by atoms with van der Waals surface area (Å²) >= 11 is 0. The highest BCUT2D eigenvalue weighted by Crippen LogP contribution is 2.58. The second-order valence-corrected chi connectivity index (χ2v) is 6.28. The van der Waals surface area contributed by atoms with Crippen LogP contribution >= 0.6 is 0 Å². The molecule has 15 heavy (non-hydrogen) atoms. The maximum atomic E-state index is 10.2. The Morgan fingerprint density at radius 2 is 2.00 bits per heavy atom. The lowest BCUT2D eigenvalue weighted by Crippen LogP contribution is -2.26. The smallest absolute Gasteiger partial charge is 0.0758 e. The molecule has 2 aliphatic carbocycles. The highest BCUT2D eigenvalue weighted by molar-refractivity contribution is 5.37. The summed E-state index contributed by atoms with van der Waals surface area (Å²) in [6.45, 7) is 9.29. The molecular weight excluding hydrogens is 184 g/mol. The second kappa shape index (κ2) is 3.35. The van der Waals surface area contributed by atoms with Crippen molar-refractivity contribution in [2.45, 2.75) is 65.9 Å². The van der Waals surface area contributed by atoms with Crippen LogP contribution in [0.15, 0.2) is 11.1 Å². The number of allylic oxidation sites excluding steroid dienone is 1. The number of hydrogen-bond donors (Lipinski definition) is 1. The molecule has 0 saturated heterocycles. The minimum Gasteiger partial charge on any atom is -0.389 e. The van der Waals surface area contributed by atoms with Gasteiger partial charge in [0.05, 0.1) is 6.10 Å². The molecule has 0 aromatic heterocycles. The van der Waals surface area contributed by atoms with Crippen LogP contribution in [0.4, 0.5) is 0 Å². The zero-order valence-corrected chi connectivity index (χ0v) is 10.6. The predicted octanol–water partition coefficient (Wildman–Crippen LogP) is 3.67. The Kier molecular flexibility index (Phi) is 2.50. The van der Waals surface area contributed by atoms with Gasteiger partial charge in [-0.1, -0.05) is 33.3 Å². The Morgan fingerprint density at radius 1 is 1.33 bits per heavy atom. The fourth-order valence-electron chi connectivity index (χ4n) is 3.91. The number of aliphatic hydroxyl groups excluding tert-OH is 1. The molecule has 1 nitrogen and oxygen atoms in total. The van der Waals surface area contributed by atoms with E-state index in [0.717, 1.165) is 12.8 Å². The molecule has 0 aromatic carbocycles. The monoisotopic (exact) mass is 208 g/mol. The van der Waals surface area contributed by atoms with Crippen LogP contribution in [0.25, 0.3) is 0 Å². The van der Waals surface area contributed by atoms with Crippen molar-refractivity contribution in [3.8, 4) is 0 Å². The molecule has 0 heterocycles.